The van der Waals surface area contributed by atoms with Gasteiger partial charge in [0.15, 0.2) is 12.4 Å². The van der Waals surface area contributed by atoms with E-state index >= 15 is 0 Å². The van der Waals surface area contributed by atoms with E-state index in [1.54, 1.807) is 10.8 Å². The van der Waals surface area contributed by atoms with Crippen molar-refractivity contribution < 1.29 is 9.53 Å². The molecule has 7 heteroatoms. The average molecular weight is 365 g/mol. The van der Waals surface area contributed by atoms with Crippen molar-refractivity contribution >= 4 is 28.0 Å². The van der Waals surface area contributed by atoms with E-state index in [1.165, 1.54) is 6.08 Å². The topological polar surface area (TPSA) is 69.9 Å². The molecule has 1 aromatic carbocycles. The molecule has 2 rings (SSSR count). The summed E-state index contributed by atoms with van der Waals surface area (Å²) < 4.78 is 7.72. The zero-order chi connectivity index (χ0) is 15.9. The molecular formula is C15H17BrN4O2. The van der Waals surface area contributed by atoms with Crippen molar-refractivity contribution in [3.05, 3.63) is 45.7 Å². The Balaban J connectivity index is 1.92. The van der Waals surface area contributed by atoms with Gasteiger partial charge < -0.3 is 4.74 Å². The predicted octanol–water partition coefficient (Wildman–Crippen LogP) is 2.91. The molecule has 2 aromatic rings. The van der Waals surface area contributed by atoms with E-state index in [-0.39, 0.29) is 6.61 Å². The predicted molar refractivity (Wildman–Crippen MR) is 85.8 cm³/mol. The smallest absolute Gasteiger partial charge is 0.331 e. The molecule has 1 aromatic heterocycles. The van der Waals surface area contributed by atoms with Gasteiger partial charge >= 0.3 is 5.97 Å². The molecule has 0 amide bonds. The number of nitrogens with zero attached hydrogens (tertiary/aromatic N) is 4. The van der Waals surface area contributed by atoms with Crippen LogP contribution in [0.25, 0.3) is 6.08 Å². The molecule has 0 radical (unpaired) electrons. The maximum atomic E-state index is 11.8. The van der Waals surface area contributed by atoms with Crippen LogP contribution < -0.4 is 0 Å². The van der Waals surface area contributed by atoms with Gasteiger partial charge in [0.05, 0.1) is 0 Å². The fourth-order valence-electron chi connectivity index (χ4n) is 1.82. The quantitative estimate of drug-likeness (QED) is 0.582. The van der Waals surface area contributed by atoms with Crippen LogP contribution in [0.5, 0.6) is 0 Å². The van der Waals surface area contributed by atoms with Crippen molar-refractivity contribution in [2.75, 3.05) is 0 Å². The number of aryl methyl sites for hydroxylation is 2. The highest BCUT2D eigenvalue weighted by Crippen LogP contribution is 2.19. The number of rotatable bonds is 6. The average Bonchev–Trinajstić information content (AvgIpc) is 2.92. The first-order chi connectivity index (χ1) is 10.6. The number of carbonyl (C=O) groups is 1. The van der Waals surface area contributed by atoms with Crippen molar-refractivity contribution in [2.24, 2.45) is 0 Å². The van der Waals surface area contributed by atoms with Crippen molar-refractivity contribution in [3.63, 3.8) is 0 Å². The summed E-state index contributed by atoms with van der Waals surface area (Å²) in [5, 5.41) is 11.3. The molecule has 0 atom stereocenters. The van der Waals surface area contributed by atoms with Crippen molar-refractivity contribution in [1.29, 1.82) is 0 Å². The van der Waals surface area contributed by atoms with E-state index in [0.29, 0.717) is 12.4 Å². The summed E-state index contributed by atoms with van der Waals surface area (Å²) in [6.07, 6.45) is 4.01. The van der Waals surface area contributed by atoms with Gasteiger partial charge in [-0.15, -0.1) is 5.10 Å². The SMILES string of the molecule is CCCn1nnnc1COC(=O)/C=C/c1ccc(C)cc1Br. The number of tetrazole rings is 1. The van der Waals surface area contributed by atoms with E-state index in [9.17, 15) is 4.79 Å². The summed E-state index contributed by atoms with van der Waals surface area (Å²) in [5.41, 5.74) is 2.06. The number of esters is 1. The second kappa shape index (κ2) is 7.84. The second-order valence-corrected chi connectivity index (χ2v) is 5.64. The minimum atomic E-state index is -0.432. The van der Waals surface area contributed by atoms with Crippen molar-refractivity contribution in [1.82, 2.24) is 20.2 Å². The minimum absolute atomic E-state index is 0.0608. The highest BCUT2D eigenvalue weighted by molar-refractivity contribution is 9.10. The fourth-order valence-corrected chi connectivity index (χ4v) is 2.45. The first-order valence-corrected chi connectivity index (χ1v) is 7.75. The Hall–Kier alpha value is -2.02. The second-order valence-electron chi connectivity index (χ2n) is 4.78. The summed E-state index contributed by atoms with van der Waals surface area (Å²) in [6, 6.07) is 5.91. The van der Waals surface area contributed by atoms with Crippen LogP contribution in [0.1, 0.15) is 30.3 Å². The third-order valence-corrected chi connectivity index (χ3v) is 3.63. The Kier molecular flexibility index (Phi) is 5.83. The molecule has 116 valence electrons. The van der Waals surface area contributed by atoms with Gasteiger partial charge in [-0.25, -0.2) is 9.48 Å². The number of aromatic nitrogens is 4. The molecule has 0 bridgehead atoms. The monoisotopic (exact) mass is 364 g/mol. The van der Waals surface area contributed by atoms with Crippen LogP contribution in [0.15, 0.2) is 28.7 Å². The number of benzene rings is 1. The lowest BCUT2D eigenvalue weighted by Gasteiger charge is -2.03. The fraction of sp³-hybridized carbons (Fsp3) is 0.333. The largest absolute Gasteiger partial charge is 0.454 e. The number of halogens is 1. The first-order valence-electron chi connectivity index (χ1n) is 6.96. The van der Waals surface area contributed by atoms with Crippen LogP contribution in [0.2, 0.25) is 0 Å². The standard InChI is InChI=1S/C15H17BrN4O2/c1-3-8-20-14(17-18-19-20)10-22-15(21)7-6-12-5-4-11(2)9-13(12)16/h4-7,9H,3,8,10H2,1-2H3/b7-6+. The van der Waals surface area contributed by atoms with Gasteiger partial charge in [-0.2, -0.15) is 0 Å². The molecule has 0 aliphatic carbocycles. The third-order valence-electron chi connectivity index (χ3n) is 2.94. The number of hydrogen-bond acceptors (Lipinski definition) is 5. The van der Waals surface area contributed by atoms with E-state index < -0.39 is 5.97 Å². The molecule has 6 nitrogen and oxygen atoms in total. The lowest BCUT2D eigenvalue weighted by molar-refractivity contribution is -0.139. The van der Waals surface area contributed by atoms with E-state index in [4.69, 9.17) is 4.74 Å². The van der Waals surface area contributed by atoms with Crippen LogP contribution in [0, 0.1) is 6.92 Å². The minimum Gasteiger partial charge on any atom is -0.454 e. The molecule has 22 heavy (non-hydrogen) atoms. The molecule has 1 heterocycles. The number of ether oxygens (including phenoxy) is 1. The Bertz CT molecular complexity index is 682. The van der Waals surface area contributed by atoms with Gasteiger partial charge in [0, 0.05) is 17.1 Å². The lowest BCUT2D eigenvalue weighted by Crippen LogP contribution is -2.09. The van der Waals surface area contributed by atoms with Crippen molar-refractivity contribution in [2.45, 2.75) is 33.4 Å². The first kappa shape index (κ1) is 16.4. The zero-order valence-corrected chi connectivity index (χ0v) is 14.1. The summed E-state index contributed by atoms with van der Waals surface area (Å²) in [7, 11) is 0. The molecule has 0 aliphatic heterocycles. The highest BCUT2D eigenvalue weighted by Gasteiger charge is 2.07. The van der Waals surface area contributed by atoms with Gasteiger partial charge in [0.25, 0.3) is 0 Å². The van der Waals surface area contributed by atoms with Gasteiger partial charge in [0.1, 0.15) is 0 Å². The molecule has 0 spiro atoms. The van der Waals surface area contributed by atoms with Gasteiger partial charge in [-0.1, -0.05) is 35.0 Å². The van der Waals surface area contributed by atoms with Crippen LogP contribution in [0.3, 0.4) is 0 Å². The molecule has 0 fully saturated rings. The maximum Gasteiger partial charge on any atom is 0.331 e. The normalized spacial score (nSPS) is 11.0. The van der Waals surface area contributed by atoms with Crippen LogP contribution in [-0.4, -0.2) is 26.2 Å². The van der Waals surface area contributed by atoms with Crippen LogP contribution in [0.4, 0.5) is 0 Å². The summed E-state index contributed by atoms with van der Waals surface area (Å²) in [5.74, 6) is 0.110. The highest BCUT2D eigenvalue weighted by atomic mass is 79.9. The molecule has 0 saturated carbocycles. The van der Waals surface area contributed by atoms with Crippen LogP contribution >= 0.6 is 15.9 Å². The van der Waals surface area contributed by atoms with Gasteiger partial charge in [-0.3, -0.25) is 0 Å². The van der Waals surface area contributed by atoms with Crippen molar-refractivity contribution in [3.8, 4) is 0 Å². The van der Waals surface area contributed by atoms with Gasteiger partial charge in [0.2, 0.25) is 0 Å². The lowest BCUT2D eigenvalue weighted by atomic mass is 10.1. The number of carbonyl (C=O) groups excluding carboxylic acids is 1. The van der Waals surface area contributed by atoms with E-state index in [1.807, 2.05) is 32.0 Å². The molecular weight excluding hydrogens is 348 g/mol. The van der Waals surface area contributed by atoms with Gasteiger partial charge in [-0.05, 0) is 47.0 Å². The Morgan fingerprint density at radius 1 is 1.45 bits per heavy atom. The Morgan fingerprint density at radius 3 is 3.00 bits per heavy atom. The van der Waals surface area contributed by atoms with Crippen LogP contribution in [-0.2, 0) is 22.7 Å². The molecule has 0 unspecified atom stereocenters. The Labute approximate surface area is 137 Å². The summed E-state index contributed by atoms with van der Waals surface area (Å²) >= 11 is 3.46. The Morgan fingerprint density at radius 2 is 2.27 bits per heavy atom. The third kappa shape index (κ3) is 4.49. The maximum absolute atomic E-state index is 11.8. The summed E-state index contributed by atoms with van der Waals surface area (Å²) in [6.45, 7) is 4.80. The molecule has 0 aliphatic rings. The number of hydrogen-bond donors (Lipinski definition) is 0. The molecule has 0 saturated heterocycles. The van der Waals surface area contributed by atoms with E-state index in [0.717, 1.165) is 22.0 Å². The zero-order valence-electron chi connectivity index (χ0n) is 12.5. The summed E-state index contributed by atoms with van der Waals surface area (Å²) in [4.78, 5) is 11.8. The van der Waals surface area contributed by atoms with E-state index in [2.05, 4.69) is 31.5 Å². The molecule has 0 N–H and O–H groups in total.